The highest BCUT2D eigenvalue weighted by Gasteiger charge is 2.15. The summed E-state index contributed by atoms with van der Waals surface area (Å²) in [5, 5.41) is 0. The number of hydrogen-bond acceptors (Lipinski definition) is 1. The lowest BCUT2D eigenvalue weighted by Gasteiger charge is -2.12. The van der Waals surface area contributed by atoms with Crippen LogP contribution in [-0.4, -0.2) is 4.98 Å². The first-order chi connectivity index (χ1) is 10.2. The van der Waals surface area contributed by atoms with Crippen LogP contribution in [0.5, 0.6) is 0 Å². The largest absolute Gasteiger partial charge is 0.255 e. The summed E-state index contributed by atoms with van der Waals surface area (Å²) in [6.07, 6.45) is 1.64. The molecule has 1 heterocycles. The number of aryl methyl sites for hydroxylation is 1. The average molecular weight is 281 g/mol. The lowest BCUT2D eigenvalue weighted by molar-refractivity contribution is 0.585. The molecule has 21 heavy (non-hydrogen) atoms. The zero-order valence-corrected chi connectivity index (χ0v) is 11.5. The molecule has 0 aliphatic heterocycles. The molecule has 1 aromatic heterocycles. The molecular weight excluding hydrogens is 268 g/mol. The minimum absolute atomic E-state index is 0.305. The Balaban J connectivity index is 2.27. The van der Waals surface area contributed by atoms with Crippen LogP contribution in [0.15, 0.2) is 60.8 Å². The molecule has 0 N–H and O–H groups in total. The molecule has 0 aliphatic rings. The van der Waals surface area contributed by atoms with Crippen molar-refractivity contribution in [2.24, 2.45) is 0 Å². The number of benzene rings is 2. The van der Waals surface area contributed by atoms with Crippen LogP contribution < -0.4 is 0 Å². The summed E-state index contributed by atoms with van der Waals surface area (Å²) in [6, 6.07) is 15.1. The summed E-state index contributed by atoms with van der Waals surface area (Å²) >= 11 is 0. The highest BCUT2D eigenvalue weighted by molar-refractivity contribution is 5.83. The van der Waals surface area contributed by atoms with Gasteiger partial charge in [-0.2, -0.15) is 0 Å². The average Bonchev–Trinajstić information content (AvgIpc) is 2.48. The number of halogens is 2. The van der Waals surface area contributed by atoms with E-state index >= 15 is 0 Å². The van der Waals surface area contributed by atoms with Gasteiger partial charge in [0.25, 0.3) is 0 Å². The third kappa shape index (κ3) is 2.55. The quantitative estimate of drug-likeness (QED) is 0.644. The first kappa shape index (κ1) is 13.4. The molecule has 0 spiro atoms. The Bertz CT molecular complexity index is 782. The van der Waals surface area contributed by atoms with Crippen molar-refractivity contribution in [3.05, 3.63) is 78.0 Å². The van der Waals surface area contributed by atoms with Gasteiger partial charge in [-0.15, -0.1) is 0 Å². The summed E-state index contributed by atoms with van der Waals surface area (Å²) in [6.45, 7) is 1.95. The topological polar surface area (TPSA) is 12.9 Å². The Morgan fingerprint density at radius 1 is 0.905 bits per heavy atom. The molecule has 0 aliphatic carbocycles. The van der Waals surface area contributed by atoms with Crippen LogP contribution in [0, 0.1) is 18.6 Å². The van der Waals surface area contributed by atoms with E-state index in [0.717, 1.165) is 22.8 Å². The van der Waals surface area contributed by atoms with Gasteiger partial charge in [-0.25, -0.2) is 8.78 Å². The standard InChI is InChI=1S/C18H13F2N/c1-12-9-10-21-18(15-8-7-14(19)11-16(15)20)17(12)13-5-3-2-4-6-13/h2-11H,1H3. The number of pyridine rings is 1. The summed E-state index contributed by atoms with van der Waals surface area (Å²) < 4.78 is 27.2. The molecular formula is C18H13F2N. The van der Waals surface area contributed by atoms with Crippen molar-refractivity contribution in [1.82, 2.24) is 4.98 Å². The number of rotatable bonds is 2. The molecule has 104 valence electrons. The summed E-state index contributed by atoms with van der Waals surface area (Å²) in [5.74, 6) is -1.20. The smallest absolute Gasteiger partial charge is 0.135 e. The molecule has 3 heteroatoms. The third-order valence-corrected chi connectivity index (χ3v) is 3.41. The Morgan fingerprint density at radius 2 is 1.67 bits per heavy atom. The van der Waals surface area contributed by atoms with Gasteiger partial charge in [-0.1, -0.05) is 30.3 Å². The molecule has 0 saturated heterocycles. The van der Waals surface area contributed by atoms with Crippen molar-refractivity contribution >= 4 is 0 Å². The Morgan fingerprint density at radius 3 is 2.38 bits per heavy atom. The van der Waals surface area contributed by atoms with Gasteiger partial charge >= 0.3 is 0 Å². The predicted octanol–water partition coefficient (Wildman–Crippen LogP) is 5.00. The predicted molar refractivity (Wildman–Crippen MR) is 79.8 cm³/mol. The van der Waals surface area contributed by atoms with E-state index in [1.165, 1.54) is 12.1 Å². The van der Waals surface area contributed by atoms with E-state index in [1.54, 1.807) is 6.20 Å². The SMILES string of the molecule is Cc1ccnc(-c2ccc(F)cc2F)c1-c1ccccc1. The second kappa shape index (κ2) is 5.44. The van der Waals surface area contributed by atoms with Gasteiger partial charge in [0.1, 0.15) is 11.6 Å². The maximum absolute atomic E-state index is 14.1. The van der Waals surface area contributed by atoms with Crippen molar-refractivity contribution in [1.29, 1.82) is 0 Å². The van der Waals surface area contributed by atoms with Gasteiger partial charge in [0.2, 0.25) is 0 Å². The molecule has 0 radical (unpaired) electrons. The van der Waals surface area contributed by atoms with E-state index in [0.29, 0.717) is 11.3 Å². The van der Waals surface area contributed by atoms with Crippen molar-refractivity contribution in [2.75, 3.05) is 0 Å². The van der Waals surface area contributed by atoms with E-state index in [-0.39, 0.29) is 0 Å². The normalized spacial score (nSPS) is 10.6. The van der Waals surface area contributed by atoms with Crippen LogP contribution in [0.2, 0.25) is 0 Å². The highest BCUT2D eigenvalue weighted by atomic mass is 19.1. The van der Waals surface area contributed by atoms with E-state index in [1.807, 2.05) is 43.3 Å². The molecule has 0 atom stereocenters. The minimum Gasteiger partial charge on any atom is -0.255 e. The monoisotopic (exact) mass is 281 g/mol. The number of aromatic nitrogens is 1. The Kier molecular flexibility index (Phi) is 3.48. The molecule has 0 bridgehead atoms. The maximum Gasteiger partial charge on any atom is 0.135 e. The fourth-order valence-electron chi connectivity index (χ4n) is 2.41. The fraction of sp³-hybridized carbons (Fsp3) is 0.0556. The lowest BCUT2D eigenvalue weighted by atomic mass is 9.95. The van der Waals surface area contributed by atoms with Gasteiger partial charge in [0.05, 0.1) is 5.69 Å². The van der Waals surface area contributed by atoms with Crippen LogP contribution in [0.25, 0.3) is 22.4 Å². The zero-order chi connectivity index (χ0) is 14.8. The second-order valence-corrected chi connectivity index (χ2v) is 4.84. The highest BCUT2D eigenvalue weighted by Crippen LogP contribution is 2.34. The summed E-state index contributed by atoms with van der Waals surface area (Å²) in [5.41, 5.74) is 3.65. The van der Waals surface area contributed by atoms with Gasteiger partial charge in [0, 0.05) is 23.4 Å². The van der Waals surface area contributed by atoms with Crippen LogP contribution in [-0.2, 0) is 0 Å². The summed E-state index contributed by atoms with van der Waals surface area (Å²) in [7, 11) is 0. The first-order valence-electron chi connectivity index (χ1n) is 6.63. The first-order valence-corrected chi connectivity index (χ1v) is 6.63. The van der Waals surface area contributed by atoms with E-state index in [2.05, 4.69) is 4.98 Å². The fourth-order valence-corrected chi connectivity index (χ4v) is 2.41. The van der Waals surface area contributed by atoms with E-state index < -0.39 is 11.6 Å². The van der Waals surface area contributed by atoms with Crippen LogP contribution in [0.4, 0.5) is 8.78 Å². The van der Waals surface area contributed by atoms with Crippen LogP contribution in [0.3, 0.4) is 0 Å². The van der Waals surface area contributed by atoms with Gasteiger partial charge in [-0.3, -0.25) is 4.98 Å². The Hall–Kier alpha value is -2.55. The van der Waals surface area contributed by atoms with Crippen molar-refractivity contribution < 1.29 is 8.78 Å². The van der Waals surface area contributed by atoms with Gasteiger partial charge in [-0.05, 0) is 36.2 Å². The summed E-state index contributed by atoms with van der Waals surface area (Å²) in [4.78, 5) is 4.31. The third-order valence-electron chi connectivity index (χ3n) is 3.41. The Labute approximate surface area is 121 Å². The molecule has 3 aromatic rings. The zero-order valence-electron chi connectivity index (χ0n) is 11.5. The van der Waals surface area contributed by atoms with E-state index in [9.17, 15) is 8.78 Å². The van der Waals surface area contributed by atoms with Crippen molar-refractivity contribution in [2.45, 2.75) is 6.92 Å². The molecule has 0 unspecified atom stereocenters. The van der Waals surface area contributed by atoms with E-state index in [4.69, 9.17) is 0 Å². The van der Waals surface area contributed by atoms with Crippen LogP contribution >= 0.6 is 0 Å². The molecule has 0 amide bonds. The lowest BCUT2D eigenvalue weighted by Crippen LogP contribution is -1.95. The number of hydrogen-bond donors (Lipinski definition) is 0. The van der Waals surface area contributed by atoms with Crippen molar-refractivity contribution in [3.63, 3.8) is 0 Å². The molecule has 1 nitrogen and oxygen atoms in total. The molecule has 0 saturated carbocycles. The second-order valence-electron chi connectivity index (χ2n) is 4.84. The molecule has 2 aromatic carbocycles. The molecule has 3 rings (SSSR count). The molecule has 0 fully saturated rings. The number of nitrogens with zero attached hydrogens (tertiary/aromatic N) is 1. The minimum atomic E-state index is -0.606. The van der Waals surface area contributed by atoms with Gasteiger partial charge in [0.15, 0.2) is 0 Å². The van der Waals surface area contributed by atoms with Crippen LogP contribution in [0.1, 0.15) is 5.56 Å². The van der Waals surface area contributed by atoms with Crippen molar-refractivity contribution in [3.8, 4) is 22.4 Å². The maximum atomic E-state index is 14.1. The van der Waals surface area contributed by atoms with Gasteiger partial charge < -0.3 is 0 Å².